The van der Waals surface area contributed by atoms with E-state index in [1.165, 1.54) is 48.0 Å². The summed E-state index contributed by atoms with van der Waals surface area (Å²) >= 11 is 1.27. The van der Waals surface area contributed by atoms with Crippen molar-refractivity contribution < 1.29 is 22.7 Å². The predicted molar refractivity (Wildman–Crippen MR) is 118 cm³/mol. The maximum absolute atomic E-state index is 13.0. The van der Waals surface area contributed by atoms with Crippen molar-refractivity contribution in [1.82, 2.24) is 15.2 Å². The molecule has 1 atom stereocenters. The molecule has 1 aliphatic heterocycles. The third-order valence-corrected chi connectivity index (χ3v) is 5.66. The highest BCUT2D eigenvalue weighted by molar-refractivity contribution is 7.11. The lowest BCUT2D eigenvalue weighted by Gasteiger charge is -2.27. The van der Waals surface area contributed by atoms with Crippen LogP contribution in [0.25, 0.3) is 5.57 Å². The smallest absolute Gasteiger partial charge is 0.406 e. The topological polar surface area (TPSA) is 92.8 Å². The minimum atomic E-state index is -4.75. The SMILES string of the molecule is CCCN(C(=O)c1csc(/C(C=Nc2ccc(OC(F)(F)F)cc2)=C/N)n1)[C@H]1CCNC1. The van der Waals surface area contributed by atoms with Gasteiger partial charge in [0.2, 0.25) is 0 Å². The summed E-state index contributed by atoms with van der Waals surface area (Å²) in [4.78, 5) is 23.6. The molecule has 0 bridgehead atoms. The Morgan fingerprint density at radius 3 is 2.75 bits per heavy atom. The van der Waals surface area contributed by atoms with E-state index in [4.69, 9.17) is 5.73 Å². The molecule has 2 heterocycles. The molecule has 0 aliphatic carbocycles. The lowest BCUT2D eigenvalue weighted by Crippen LogP contribution is -2.42. The number of thiazole rings is 1. The molecule has 0 spiro atoms. The molecule has 1 aromatic carbocycles. The first-order chi connectivity index (χ1) is 15.3. The van der Waals surface area contributed by atoms with Gasteiger partial charge in [0.1, 0.15) is 16.5 Å². The fourth-order valence-electron chi connectivity index (χ4n) is 3.30. The van der Waals surface area contributed by atoms with Crippen LogP contribution in [0.15, 0.2) is 40.8 Å². The van der Waals surface area contributed by atoms with Crippen LogP contribution in [-0.2, 0) is 0 Å². The number of ether oxygens (including phenoxy) is 1. The molecule has 172 valence electrons. The molecule has 1 aliphatic rings. The van der Waals surface area contributed by atoms with Crippen LogP contribution in [0.4, 0.5) is 18.9 Å². The number of carbonyl (C=O) groups excluding carboxylic acids is 1. The van der Waals surface area contributed by atoms with E-state index in [0.717, 1.165) is 25.9 Å². The Balaban J connectivity index is 1.70. The van der Waals surface area contributed by atoms with Crippen LogP contribution in [0, 0.1) is 0 Å². The maximum atomic E-state index is 13.0. The van der Waals surface area contributed by atoms with Crippen molar-refractivity contribution in [2.24, 2.45) is 10.7 Å². The number of rotatable bonds is 8. The van der Waals surface area contributed by atoms with Crippen molar-refractivity contribution in [1.29, 1.82) is 0 Å². The highest BCUT2D eigenvalue weighted by Crippen LogP contribution is 2.26. The molecule has 0 unspecified atom stereocenters. The molecule has 1 aromatic heterocycles. The lowest BCUT2D eigenvalue weighted by molar-refractivity contribution is -0.274. The first-order valence-corrected chi connectivity index (χ1v) is 11.0. The van der Waals surface area contributed by atoms with Gasteiger partial charge in [0.05, 0.1) is 5.69 Å². The number of benzene rings is 1. The highest BCUT2D eigenvalue weighted by atomic mass is 32.1. The lowest BCUT2D eigenvalue weighted by atomic mass is 10.2. The molecular formula is C21H24F3N5O2S. The Labute approximate surface area is 187 Å². The Kier molecular flexibility index (Phi) is 7.86. The van der Waals surface area contributed by atoms with E-state index in [0.29, 0.717) is 28.5 Å². The first kappa shape index (κ1) is 23.7. The van der Waals surface area contributed by atoms with E-state index >= 15 is 0 Å². The zero-order chi connectivity index (χ0) is 23.1. The van der Waals surface area contributed by atoms with E-state index in [2.05, 4.69) is 20.0 Å². The number of aromatic nitrogens is 1. The van der Waals surface area contributed by atoms with Crippen molar-refractivity contribution in [3.8, 4) is 5.75 Å². The Morgan fingerprint density at radius 2 is 2.16 bits per heavy atom. The average Bonchev–Trinajstić information content (AvgIpc) is 3.45. The van der Waals surface area contributed by atoms with Gasteiger partial charge < -0.3 is 20.7 Å². The Morgan fingerprint density at radius 1 is 1.41 bits per heavy atom. The van der Waals surface area contributed by atoms with Crippen LogP contribution in [-0.4, -0.2) is 54.0 Å². The standard InChI is InChI=1S/C21H24F3N5O2S/c1-2-9-29(16-7-8-26-12-16)20(30)18-13-32-19(28-18)14(10-25)11-27-15-3-5-17(6-4-15)31-21(22,23)24/h3-6,10-11,13,16,26H,2,7-9,12,25H2,1H3/b14-10+,27-11?/t16-/m0/s1. The fourth-order valence-corrected chi connectivity index (χ4v) is 4.08. The fraction of sp³-hybridized carbons (Fsp3) is 0.381. The molecule has 3 rings (SSSR count). The van der Waals surface area contributed by atoms with Crippen LogP contribution >= 0.6 is 11.3 Å². The van der Waals surface area contributed by atoms with Crippen molar-refractivity contribution in [3.05, 3.63) is 46.5 Å². The van der Waals surface area contributed by atoms with Crippen molar-refractivity contribution in [2.45, 2.75) is 32.2 Å². The second-order valence-electron chi connectivity index (χ2n) is 7.10. The zero-order valence-electron chi connectivity index (χ0n) is 17.4. The number of alkyl halides is 3. The minimum Gasteiger partial charge on any atom is -0.406 e. The molecule has 1 amide bonds. The quantitative estimate of drug-likeness (QED) is 0.574. The molecule has 2 aromatic rings. The monoisotopic (exact) mass is 467 g/mol. The maximum Gasteiger partial charge on any atom is 0.573 e. The average molecular weight is 468 g/mol. The number of aliphatic imine (C=N–C) groups is 1. The van der Waals surface area contributed by atoms with E-state index in [1.807, 2.05) is 11.8 Å². The largest absolute Gasteiger partial charge is 0.573 e. The number of hydrogen-bond donors (Lipinski definition) is 2. The Bertz CT molecular complexity index is 967. The van der Waals surface area contributed by atoms with Gasteiger partial charge in [-0.25, -0.2) is 4.98 Å². The number of carbonyl (C=O) groups is 1. The van der Waals surface area contributed by atoms with Crippen LogP contribution in [0.1, 0.15) is 35.3 Å². The molecule has 1 fully saturated rings. The molecule has 32 heavy (non-hydrogen) atoms. The number of nitrogens with one attached hydrogen (secondary N) is 1. The van der Waals surface area contributed by atoms with Crippen molar-refractivity contribution in [2.75, 3.05) is 19.6 Å². The van der Waals surface area contributed by atoms with Gasteiger partial charge in [-0.15, -0.1) is 24.5 Å². The van der Waals surface area contributed by atoms with Gasteiger partial charge in [-0.05, 0) is 43.7 Å². The number of nitrogens with two attached hydrogens (primary N) is 1. The van der Waals surface area contributed by atoms with E-state index in [9.17, 15) is 18.0 Å². The van der Waals surface area contributed by atoms with Crippen molar-refractivity contribution >= 4 is 34.7 Å². The summed E-state index contributed by atoms with van der Waals surface area (Å²) in [5.41, 5.74) is 6.98. The molecule has 3 N–H and O–H groups in total. The third kappa shape index (κ3) is 6.30. The number of amides is 1. The van der Waals surface area contributed by atoms with E-state index in [-0.39, 0.29) is 17.7 Å². The summed E-state index contributed by atoms with van der Waals surface area (Å²) < 4.78 is 40.6. The van der Waals surface area contributed by atoms with Crippen LogP contribution in [0.3, 0.4) is 0 Å². The second-order valence-corrected chi connectivity index (χ2v) is 7.96. The molecule has 0 radical (unpaired) electrons. The van der Waals surface area contributed by atoms with Crippen LogP contribution in [0.5, 0.6) is 5.75 Å². The first-order valence-electron chi connectivity index (χ1n) is 10.1. The highest BCUT2D eigenvalue weighted by Gasteiger charge is 2.31. The van der Waals surface area contributed by atoms with Crippen molar-refractivity contribution in [3.63, 3.8) is 0 Å². The second kappa shape index (κ2) is 10.6. The molecule has 0 saturated carbocycles. The zero-order valence-corrected chi connectivity index (χ0v) is 18.2. The van der Waals surface area contributed by atoms with Gasteiger partial charge in [0.25, 0.3) is 5.91 Å². The number of allylic oxidation sites excluding steroid dienone is 1. The van der Waals surface area contributed by atoms with Gasteiger partial charge >= 0.3 is 6.36 Å². The Hall–Kier alpha value is -2.92. The summed E-state index contributed by atoms with van der Waals surface area (Å²) in [6.45, 7) is 4.35. The number of hydrogen-bond acceptors (Lipinski definition) is 7. The predicted octanol–water partition coefficient (Wildman–Crippen LogP) is 3.96. The minimum absolute atomic E-state index is 0.114. The van der Waals surface area contributed by atoms with Gasteiger partial charge in [-0.1, -0.05) is 6.92 Å². The van der Waals surface area contributed by atoms with E-state index in [1.54, 1.807) is 5.38 Å². The van der Waals surface area contributed by atoms with E-state index < -0.39 is 6.36 Å². The van der Waals surface area contributed by atoms with Gasteiger partial charge in [-0.2, -0.15) is 0 Å². The molecule has 11 heteroatoms. The molecule has 1 saturated heterocycles. The van der Waals surface area contributed by atoms with Gasteiger partial charge in [0.15, 0.2) is 0 Å². The van der Waals surface area contributed by atoms with Crippen LogP contribution < -0.4 is 15.8 Å². The summed E-state index contributed by atoms with van der Waals surface area (Å²) in [5.74, 6) is -0.445. The van der Waals surface area contributed by atoms with Gasteiger partial charge in [-0.3, -0.25) is 9.79 Å². The summed E-state index contributed by atoms with van der Waals surface area (Å²) in [7, 11) is 0. The number of nitrogens with zero attached hydrogens (tertiary/aromatic N) is 3. The molecular weight excluding hydrogens is 443 g/mol. The summed E-state index contributed by atoms with van der Waals surface area (Å²) in [6.07, 6.45) is -0.205. The normalized spacial score (nSPS) is 17.1. The molecule has 7 nitrogen and oxygen atoms in total. The summed E-state index contributed by atoms with van der Waals surface area (Å²) in [6, 6.07) is 5.28. The third-order valence-electron chi connectivity index (χ3n) is 4.77. The number of halogens is 3. The van der Waals surface area contributed by atoms with Crippen LogP contribution in [0.2, 0.25) is 0 Å². The van der Waals surface area contributed by atoms with Gasteiger partial charge in [0, 0.05) is 42.5 Å². The summed E-state index contributed by atoms with van der Waals surface area (Å²) in [5, 5.41) is 5.50.